The van der Waals surface area contributed by atoms with Gasteiger partial charge in [-0.3, -0.25) is 0 Å². The van der Waals surface area contributed by atoms with Crippen LogP contribution in [-0.4, -0.2) is 51.4 Å². The van der Waals surface area contributed by atoms with E-state index in [1.54, 1.807) is 0 Å². The maximum Gasteiger partial charge on any atom is 0.116 e. The van der Waals surface area contributed by atoms with Gasteiger partial charge in [-0.15, -0.1) is 3.98 Å². The molecule has 0 unspecified atom stereocenters. The van der Waals surface area contributed by atoms with Crippen molar-refractivity contribution < 1.29 is 3.98 Å². The normalized spacial score (nSPS) is 1.50. The standard InChI is InChI=1S/CH4.ClF.K/c;1-2;/h1H4;;. The van der Waals surface area contributed by atoms with E-state index < -0.39 is 0 Å². The van der Waals surface area contributed by atoms with Crippen molar-refractivity contribution in [3.05, 3.63) is 0 Å². The monoisotopic (exact) mass is 109 g/mol. The molecule has 0 rings (SSSR count). The summed E-state index contributed by atoms with van der Waals surface area (Å²) in [5, 5.41) is 0. The van der Waals surface area contributed by atoms with Gasteiger partial charge in [-0.25, -0.2) is 0 Å². The van der Waals surface area contributed by atoms with E-state index in [-0.39, 0.29) is 58.8 Å². The van der Waals surface area contributed by atoms with Crippen LogP contribution in [0.1, 0.15) is 7.43 Å². The summed E-state index contributed by atoms with van der Waals surface area (Å²) in [7, 11) is 0. The summed E-state index contributed by atoms with van der Waals surface area (Å²) in [6, 6.07) is 0. The Morgan fingerprint density at radius 2 is 1.25 bits per heavy atom. The molecule has 0 nitrogen and oxygen atoms in total. The van der Waals surface area contributed by atoms with Gasteiger partial charge in [0.15, 0.2) is 0 Å². The molecular formula is CH4ClFK. The molecule has 0 heterocycles. The maximum atomic E-state index is 8.97. The zero-order valence-electron chi connectivity index (χ0n) is 1.76. The zero-order valence-corrected chi connectivity index (χ0v) is 5.63. The fourth-order valence-corrected chi connectivity index (χ4v) is 0. The van der Waals surface area contributed by atoms with E-state index in [4.69, 9.17) is 3.98 Å². The predicted molar refractivity (Wildman–Crippen MR) is 19.4 cm³/mol. The van der Waals surface area contributed by atoms with Crippen molar-refractivity contribution in [3.63, 3.8) is 0 Å². The van der Waals surface area contributed by atoms with E-state index in [1.807, 2.05) is 0 Å². The Morgan fingerprint density at radius 1 is 1.25 bits per heavy atom. The first-order chi connectivity index (χ1) is 1.00. The third-order valence-corrected chi connectivity index (χ3v) is 0. The molecule has 0 amide bonds. The average Bonchev–Trinajstić information content (AvgIpc) is 1.00. The third-order valence-electron chi connectivity index (χ3n) is 0. The Balaban J connectivity index is -0.00000000500. The van der Waals surface area contributed by atoms with Crippen LogP contribution >= 0.6 is 12.0 Å². The maximum absolute atomic E-state index is 8.97. The number of hydrogen-bond acceptors (Lipinski definition) is 0. The molecule has 0 fully saturated rings. The van der Waals surface area contributed by atoms with Crippen molar-refractivity contribution in [3.8, 4) is 0 Å². The van der Waals surface area contributed by atoms with Gasteiger partial charge in [0.25, 0.3) is 0 Å². The fraction of sp³-hybridized carbons (Fsp3) is 1.00. The van der Waals surface area contributed by atoms with Crippen molar-refractivity contribution in [2.24, 2.45) is 0 Å². The van der Waals surface area contributed by atoms with Crippen molar-refractivity contribution >= 4 is 63.3 Å². The van der Waals surface area contributed by atoms with Gasteiger partial charge < -0.3 is 0 Å². The van der Waals surface area contributed by atoms with Gasteiger partial charge in [0.05, 0.1) is 0 Å². The molecule has 0 spiro atoms. The van der Waals surface area contributed by atoms with Crippen LogP contribution < -0.4 is 0 Å². The van der Waals surface area contributed by atoms with Gasteiger partial charge >= 0.3 is 0 Å². The molecule has 23 valence electrons. The van der Waals surface area contributed by atoms with Crippen LogP contribution in [0, 0.1) is 0 Å². The van der Waals surface area contributed by atoms with E-state index in [2.05, 4.69) is 12.0 Å². The van der Waals surface area contributed by atoms with Crippen LogP contribution in [-0.2, 0) is 0 Å². The minimum atomic E-state index is 0. The van der Waals surface area contributed by atoms with E-state index in [0.717, 1.165) is 0 Å². The quantitative estimate of drug-likeness (QED) is 0.412. The Kier molecular flexibility index (Phi) is 88.7. The summed E-state index contributed by atoms with van der Waals surface area (Å²) in [6.07, 6.45) is 0. The first kappa shape index (κ1) is 16.9. The van der Waals surface area contributed by atoms with Crippen LogP contribution in [0.5, 0.6) is 0 Å². The van der Waals surface area contributed by atoms with Gasteiger partial charge in [-0.1, -0.05) is 7.43 Å². The Bertz CT molecular complexity index is 8.00. The molecule has 0 saturated heterocycles. The van der Waals surface area contributed by atoms with E-state index in [0.29, 0.717) is 0 Å². The second-order valence-corrected chi connectivity index (χ2v) is 0. The van der Waals surface area contributed by atoms with Gasteiger partial charge in [0.2, 0.25) is 0 Å². The first-order valence-electron chi connectivity index (χ1n) is 0.143. The second-order valence-electron chi connectivity index (χ2n) is 0. The SMILES string of the molecule is C.FCl.[K]. The van der Waals surface area contributed by atoms with Crippen molar-refractivity contribution in [2.45, 2.75) is 7.43 Å². The minimum Gasteiger partial charge on any atom is -0.116 e. The summed E-state index contributed by atoms with van der Waals surface area (Å²) in [4.78, 5) is 0. The molecule has 4 heavy (non-hydrogen) atoms. The van der Waals surface area contributed by atoms with Gasteiger partial charge in [-0.2, -0.15) is 0 Å². The third kappa shape index (κ3) is 9.13. The molecule has 0 N–H and O–H groups in total. The fourth-order valence-electron chi connectivity index (χ4n) is 0. The second kappa shape index (κ2) is 21.0. The van der Waals surface area contributed by atoms with Crippen molar-refractivity contribution in [1.29, 1.82) is 0 Å². The summed E-state index contributed by atoms with van der Waals surface area (Å²) in [6.45, 7) is 0. The van der Waals surface area contributed by atoms with E-state index >= 15 is 0 Å². The summed E-state index contributed by atoms with van der Waals surface area (Å²) < 4.78 is 8.97. The molecular weight excluding hydrogens is 106 g/mol. The molecule has 0 saturated carbocycles. The molecule has 0 bridgehead atoms. The predicted octanol–water partition coefficient (Wildman–Crippen LogP) is 1.36. The molecule has 0 aromatic carbocycles. The molecule has 0 aliphatic rings. The molecule has 0 aliphatic heterocycles. The summed E-state index contributed by atoms with van der Waals surface area (Å²) in [5.41, 5.74) is 0. The van der Waals surface area contributed by atoms with Crippen LogP contribution in [0.4, 0.5) is 3.98 Å². The number of rotatable bonds is 0. The van der Waals surface area contributed by atoms with Gasteiger partial charge in [-0.05, 0) is 0 Å². The molecule has 1 radical (unpaired) electrons. The van der Waals surface area contributed by atoms with Crippen LogP contribution in [0.3, 0.4) is 0 Å². The van der Waals surface area contributed by atoms with Gasteiger partial charge in [0, 0.05) is 51.4 Å². The van der Waals surface area contributed by atoms with Gasteiger partial charge in [0.1, 0.15) is 12.0 Å². The Morgan fingerprint density at radius 3 is 1.25 bits per heavy atom. The summed E-state index contributed by atoms with van der Waals surface area (Å²) >= 11 is 3.14. The smallest absolute Gasteiger partial charge is 0.116 e. The summed E-state index contributed by atoms with van der Waals surface area (Å²) in [5.74, 6) is 0. The van der Waals surface area contributed by atoms with Crippen molar-refractivity contribution in [1.82, 2.24) is 0 Å². The number of hydrogen-bond donors (Lipinski definition) is 0. The van der Waals surface area contributed by atoms with Crippen molar-refractivity contribution in [2.75, 3.05) is 0 Å². The molecule has 3 heteroatoms. The van der Waals surface area contributed by atoms with E-state index in [1.165, 1.54) is 0 Å². The molecule has 0 atom stereocenters. The first-order valence-corrected chi connectivity index (χ1v) is 0.429. The van der Waals surface area contributed by atoms with Crippen LogP contribution in [0.2, 0.25) is 0 Å². The Labute approximate surface area is 73.4 Å². The average molecular weight is 110 g/mol. The molecule has 0 aliphatic carbocycles. The number of halogens is 2. The largest absolute Gasteiger partial charge is 0.116 e. The minimum absolute atomic E-state index is 0. The zero-order chi connectivity index (χ0) is 2.00. The van der Waals surface area contributed by atoms with Crippen LogP contribution in [0.25, 0.3) is 0 Å². The molecule has 0 aromatic rings. The van der Waals surface area contributed by atoms with Crippen LogP contribution in [0.15, 0.2) is 0 Å². The topological polar surface area (TPSA) is 0 Å². The van der Waals surface area contributed by atoms with E-state index in [9.17, 15) is 0 Å². The molecule has 0 aromatic heterocycles. The Hall–Kier alpha value is 1.86.